The molecule has 0 unspecified atom stereocenters. The average molecular weight is 260 g/mol. The maximum Gasteiger partial charge on any atom is 0.328 e. The first-order valence-electron chi connectivity index (χ1n) is 6.21. The van der Waals surface area contributed by atoms with Crippen LogP contribution in [0.4, 0.5) is 0 Å². The van der Waals surface area contributed by atoms with Crippen LogP contribution in [-0.2, 0) is 19.1 Å². The molecule has 0 aromatic carbocycles. The van der Waals surface area contributed by atoms with Gasteiger partial charge in [-0.3, -0.25) is 4.79 Å². The van der Waals surface area contributed by atoms with Crippen molar-refractivity contribution in [2.45, 2.75) is 38.1 Å². The Morgan fingerprint density at radius 1 is 1.22 bits per heavy atom. The SMILES string of the molecule is COCCCC[C@H](NC(=O)CCCN)C(=O)OC. The van der Waals surface area contributed by atoms with Crippen LogP contribution >= 0.6 is 0 Å². The molecule has 6 heteroatoms. The second kappa shape index (κ2) is 11.0. The number of rotatable bonds is 10. The molecule has 0 spiro atoms. The molecule has 0 heterocycles. The van der Waals surface area contributed by atoms with Gasteiger partial charge in [-0.1, -0.05) is 0 Å². The van der Waals surface area contributed by atoms with Crippen molar-refractivity contribution in [1.29, 1.82) is 0 Å². The normalized spacial score (nSPS) is 11.9. The smallest absolute Gasteiger partial charge is 0.328 e. The highest BCUT2D eigenvalue weighted by Crippen LogP contribution is 2.04. The van der Waals surface area contributed by atoms with Gasteiger partial charge in [-0.05, 0) is 32.2 Å². The summed E-state index contributed by atoms with van der Waals surface area (Å²) in [4.78, 5) is 23.0. The number of ether oxygens (including phenoxy) is 2. The van der Waals surface area contributed by atoms with Crippen LogP contribution in [0, 0.1) is 0 Å². The Bertz CT molecular complexity index is 246. The van der Waals surface area contributed by atoms with Crippen molar-refractivity contribution in [3.05, 3.63) is 0 Å². The Hall–Kier alpha value is -1.14. The van der Waals surface area contributed by atoms with E-state index in [1.54, 1.807) is 7.11 Å². The molecule has 0 aliphatic heterocycles. The van der Waals surface area contributed by atoms with Crippen LogP contribution in [0.5, 0.6) is 0 Å². The van der Waals surface area contributed by atoms with Crippen LogP contribution in [0.1, 0.15) is 32.1 Å². The van der Waals surface area contributed by atoms with E-state index < -0.39 is 12.0 Å². The van der Waals surface area contributed by atoms with Gasteiger partial charge in [-0.15, -0.1) is 0 Å². The van der Waals surface area contributed by atoms with E-state index in [1.807, 2.05) is 0 Å². The van der Waals surface area contributed by atoms with E-state index in [9.17, 15) is 9.59 Å². The Morgan fingerprint density at radius 3 is 2.50 bits per heavy atom. The Morgan fingerprint density at radius 2 is 1.94 bits per heavy atom. The molecule has 6 nitrogen and oxygen atoms in total. The van der Waals surface area contributed by atoms with Crippen molar-refractivity contribution < 1.29 is 19.1 Å². The van der Waals surface area contributed by atoms with Crippen LogP contribution in [0.2, 0.25) is 0 Å². The van der Waals surface area contributed by atoms with Crippen molar-refractivity contribution in [2.24, 2.45) is 5.73 Å². The number of hydrogen-bond acceptors (Lipinski definition) is 5. The molecule has 0 bridgehead atoms. The third kappa shape index (κ3) is 8.03. The molecule has 106 valence electrons. The summed E-state index contributed by atoms with van der Waals surface area (Å²) in [5.74, 6) is -0.573. The lowest BCUT2D eigenvalue weighted by atomic mass is 10.1. The summed E-state index contributed by atoms with van der Waals surface area (Å²) in [6.45, 7) is 1.11. The summed E-state index contributed by atoms with van der Waals surface area (Å²) in [7, 11) is 2.95. The fourth-order valence-electron chi connectivity index (χ4n) is 1.52. The van der Waals surface area contributed by atoms with Crippen molar-refractivity contribution >= 4 is 11.9 Å². The molecule has 0 saturated heterocycles. The maximum absolute atomic E-state index is 11.5. The summed E-state index contributed by atoms with van der Waals surface area (Å²) in [5, 5.41) is 2.67. The lowest BCUT2D eigenvalue weighted by molar-refractivity contribution is -0.145. The number of unbranched alkanes of at least 4 members (excludes halogenated alkanes) is 1. The van der Waals surface area contributed by atoms with Crippen molar-refractivity contribution in [3.63, 3.8) is 0 Å². The summed E-state index contributed by atoms with van der Waals surface area (Å²) in [6.07, 6.45) is 3.16. The zero-order chi connectivity index (χ0) is 13.8. The molecule has 3 N–H and O–H groups in total. The number of amides is 1. The van der Waals surface area contributed by atoms with Gasteiger partial charge in [0.2, 0.25) is 5.91 Å². The van der Waals surface area contributed by atoms with Crippen LogP contribution in [0.25, 0.3) is 0 Å². The highest BCUT2D eigenvalue weighted by Gasteiger charge is 2.20. The molecular formula is C12H24N2O4. The van der Waals surface area contributed by atoms with Crippen molar-refractivity contribution in [1.82, 2.24) is 5.32 Å². The summed E-state index contributed by atoms with van der Waals surface area (Å²) in [5.41, 5.74) is 5.32. The number of methoxy groups -OCH3 is 2. The molecule has 0 aliphatic carbocycles. The van der Waals surface area contributed by atoms with E-state index in [4.69, 9.17) is 10.5 Å². The predicted octanol–water partition coefficient (Wildman–Crippen LogP) is 0.200. The van der Waals surface area contributed by atoms with Crippen molar-refractivity contribution in [3.8, 4) is 0 Å². The molecule has 0 rings (SSSR count). The first-order chi connectivity index (χ1) is 8.65. The maximum atomic E-state index is 11.5. The first-order valence-corrected chi connectivity index (χ1v) is 6.21. The minimum atomic E-state index is -0.572. The standard InChI is InChI=1S/C12H24N2O4/c1-17-9-4-3-6-10(12(16)18-2)14-11(15)7-5-8-13/h10H,3-9,13H2,1-2H3,(H,14,15)/t10-/m0/s1. The lowest BCUT2D eigenvalue weighted by Gasteiger charge is -2.16. The van der Waals surface area contributed by atoms with Gasteiger partial charge in [-0.2, -0.15) is 0 Å². The van der Waals surface area contributed by atoms with Gasteiger partial charge in [0.15, 0.2) is 0 Å². The highest BCUT2D eigenvalue weighted by molar-refractivity contribution is 5.84. The number of hydrogen-bond donors (Lipinski definition) is 2. The number of carbonyl (C=O) groups is 2. The predicted molar refractivity (Wildman–Crippen MR) is 68.0 cm³/mol. The van der Waals surface area contributed by atoms with E-state index >= 15 is 0 Å². The van der Waals surface area contributed by atoms with Gasteiger partial charge in [0.1, 0.15) is 6.04 Å². The molecule has 1 amide bonds. The molecule has 1 atom stereocenters. The van der Waals surface area contributed by atoms with Gasteiger partial charge in [0, 0.05) is 20.1 Å². The van der Waals surface area contributed by atoms with E-state index in [0.29, 0.717) is 32.4 Å². The fraction of sp³-hybridized carbons (Fsp3) is 0.833. The number of nitrogens with two attached hydrogens (primary N) is 1. The minimum Gasteiger partial charge on any atom is -0.467 e. The van der Waals surface area contributed by atoms with E-state index in [-0.39, 0.29) is 5.91 Å². The van der Waals surface area contributed by atoms with Gasteiger partial charge < -0.3 is 20.5 Å². The van der Waals surface area contributed by atoms with Gasteiger partial charge in [-0.25, -0.2) is 4.79 Å². The van der Waals surface area contributed by atoms with Crippen LogP contribution in [0.15, 0.2) is 0 Å². The summed E-state index contributed by atoms with van der Waals surface area (Å²) in [6, 6.07) is -0.572. The fourth-order valence-corrected chi connectivity index (χ4v) is 1.52. The summed E-state index contributed by atoms with van der Waals surface area (Å²) < 4.78 is 9.59. The molecule has 0 aromatic rings. The zero-order valence-corrected chi connectivity index (χ0v) is 11.2. The molecule has 0 radical (unpaired) electrons. The molecule has 0 fully saturated rings. The number of esters is 1. The quantitative estimate of drug-likeness (QED) is 0.432. The first kappa shape index (κ1) is 16.9. The van der Waals surface area contributed by atoms with E-state index in [1.165, 1.54) is 7.11 Å². The molecule has 18 heavy (non-hydrogen) atoms. The van der Waals surface area contributed by atoms with Gasteiger partial charge >= 0.3 is 5.97 Å². The average Bonchev–Trinajstić information content (AvgIpc) is 2.38. The van der Waals surface area contributed by atoms with Gasteiger partial charge in [0.25, 0.3) is 0 Å². The third-order valence-electron chi connectivity index (χ3n) is 2.52. The van der Waals surface area contributed by atoms with E-state index in [2.05, 4.69) is 10.1 Å². The Balaban J connectivity index is 4.06. The van der Waals surface area contributed by atoms with Crippen molar-refractivity contribution in [2.75, 3.05) is 27.4 Å². The van der Waals surface area contributed by atoms with Crippen LogP contribution in [-0.4, -0.2) is 45.3 Å². The number of nitrogens with one attached hydrogen (secondary N) is 1. The molecule has 0 aliphatic rings. The minimum absolute atomic E-state index is 0.164. The van der Waals surface area contributed by atoms with Crippen LogP contribution < -0.4 is 11.1 Å². The molecule has 0 saturated carbocycles. The summed E-state index contributed by atoms with van der Waals surface area (Å²) >= 11 is 0. The van der Waals surface area contributed by atoms with Gasteiger partial charge in [0.05, 0.1) is 7.11 Å². The Labute approximate surface area is 108 Å². The highest BCUT2D eigenvalue weighted by atomic mass is 16.5. The van der Waals surface area contributed by atoms with Crippen LogP contribution in [0.3, 0.4) is 0 Å². The second-order valence-corrected chi connectivity index (χ2v) is 4.02. The number of carbonyl (C=O) groups excluding carboxylic acids is 2. The monoisotopic (exact) mass is 260 g/mol. The topological polar surface area (TPSA) is 90.6 Å². The largest absolute Gasteiger partial charge is 0.467 e. The third-order valence-corrected chi connectivity index (χ3v) is 2.52. The Kier molecular flexibility index (Phi) is 10.3. The zero-order valence-electron chi connectivity index (χ0n) is 11.2. The lowest BCUT2D eigenvalue weighted by Crippen LogP contribution is -2.41. The van der Waals surface area contributed by atoms with E-state index in [0.717, 1.165) is 12.8 Å². The molecule has 0 aromatic heterocycles. The molecular weight excluding hydrogens is 236 g/mol. The second-order valence-electron chi connectivity index (χ2n) is 4.02.